The third kappa shape index (κ3) is 2.67. The topological polar surface area (TPSA) is 61.9 Å². The Hall–Kier alpha value is -1.88. The van der Waals surface area contributed by atoms with E-state index in [0.29, 0.717) is 17.9 Å². The van der Waals surface area contributed by atoms with Gasteiger partial charge in [0, 0.05) is 6.20 Å². The lowest BCUT2D eigenvalue weighted by Crippen LogP contribution is -3.17. The van der Waals surface area contributed by atoms with E-state index in [1.165, 1.54) is 4.90 Å². The molecule has 5 nitrogen and oxygen atoms in total. The van der Waals surface area contributed by atoms with Crippen molar-refractivity contribution in [3.05, 3.63) is 35.8 Å². The summed E-state index contributed by atoms with van der Waals surface area (Å²) in [6.07, 6.45) is 1.85. The van der Waals surface area contributed by atoms with Crippen molar-refractivity contribution < 1.29 is 14.8 Å². The Morgan fingerprint density at radius 3 is 2.65 bits per heavy atom. The van der Waals surface area contributed by atoms with E-state index < -0.39 is 5.97 Å². The molecule has 0 aliphatic carbocycles. The van der Waals surface area contributed by atoms with Gasteiger partial charge in [0.15, 0.2) is 0 Å². The first-order valence-corrected chi connectivity index (χ1v) is 6.87. The van der Waals surface area contributed by atoms with E-state index in [1.54, 1.807) is 6.07 Å². The molecule has 108 valence electrons. The van der Waals surface area contributed by atoms with Crippen LogP contribution in [0.2, 0.25) is 0 Å². The molecule has 0 aliphatic heterocycles. The SMILES string of the molecule is CC[NH+](Cc1c(C(=O)[O-])nc2ccccn12)C(C)(C)C. The average Bonchev–Trinajstić information content (AvgIpc) is 2.73. The number of carbonyl (C=O) groups excluding carboxylic acids is 1. The Labute approximate surface area is 118 Å². The van der Waals surface area contributed by atoms with Crippen molar-refractivity contribution in [3.8, 4) is 0 Å². The maximum Gasteiger partial charge on any atom is 0.137 e. The number of carbonyl (C=O) groups is 1. The van der Waals surface area contributed by atoms with Gasteiger partial charge in [0.1, 0.15) is 23.6 Å². The summed E-state index contributed by atoms with van der Waals surface area (Å²) in [5.41, 5.74) is 1.43. The van der Waals surface area contributed by atoms with Crippen molar-refractivity contribution in [1.82, 2.24) is 9.38 Å². The van der Waals surface area contributed by atoms with Gasteiger partial charge in [-0.2, -0.15) is 0 Å². The molecule has 0 bridgehead atoms. The lowest BCUT2D eigenvalue weighted by molar-refractivity contribution is -0.958. The van der Waals surface area contributed by atoms with Gasteiger partial charge in [-0.05, 0) is 39.8 Å². The Kier molecular flexibility index (Phi) is 3.81. The van der Waals surface area contributed by atoms with Crippen molar-refractivity contribution in [1.29, 1.82) is 0 Å². The molecule has 2 rings (SSSR count). The number of carboxylic acids is 1. The number of nitrogens with zero attached hydrogens (tertiary/aromatic N) is 2. The summed E-state index contributed by atoms with van der Waals surface area (Å²) in [7, 11) is 0. The third-order valence-corrected chi connectivity index (χ3v) is 3.69. The van der Waals surface area contributed by atoms with Crippen LogP contribution in [0, 0.1) is 0 Å². The summed E-state index contributed by atoms with van der Waals surface area (Å²) >= 11 is 0. The molecule has 1 unspecified atom stereocenters. The molecule has 0 fully saturated rings. The van der Waals surface area contributed by atoms with Crippen LogP contribution in [0.3, 0.4) is 0 Å². The molecule has 5 heteroatoms. The van der Waals surface area contributed by atoms with Crippen molar-refractivity contribution in [2.45, 2.75) is 39.8 Å². The van der Waals surface area contributed by atoms with Crippen LogP contribution in [0.1, 0.15) is 43.9 Å². The molecule has 0 saturated heterocycles. The Morgan fingerprint density at radius 1 is 1.40 bits per heavy atom. The second kappa shape index (κ2) is 5.25. The number of aromatic nitrogens is 2. The van der Waals surface area contributed by atoms with E-state index in [0.717, 1.165) is 6.54 Å². The summed E-state index contributed by atoms with van der Waals surface area (Å²) in [5, 5.41) is 11.3. The van der Waals surface area contributed by atoms with Crippen molar-refractivity contribution in [3.63, 3.8) is 0 Å². The second-order valence-electron chi connectivity index (χ2n) is 6.01. The van der Waals surface area contributed by atoms with Crippen molar-refractivity contribution >= 4 is 11.6 Å². The fourth-order valence-corrected chi connectivity index (χ4v) is 2.50. The normalized spacial score (nSPS) is 13.6. The number of hydrogen-bond donors (Lipinski definition) is 1. The van der Waals surface area contributed by atoms with E-state index in [2.05, 4.69) is 32.7 Å². The van der Waals surface area contributed by atoms with Gasteiger partial charge >= 0.3 is 0 Å². The zero-order valence-corrected chi connectivity index (χ0v) is 12.4. The Bertz CT molecular complexity index is 626. The Balaban J connectivity index is 2.51. The molecule has 2 aromatic heterocycles. The first-order valence-electron chi connectivity index (χ1n) is 6.87. The molecule has 0 spiro atoms. The van der Waals surface area contributed by atoms with E-state index >= 15 is 0 Å². The molecule has 1 atom stereocenters. The minimum Gasteiger partial charge on any atom is -0.543 e. The number of hydrogen-bond acceptors (Lipinski definition) is 3. The van der Waals surface area contributed by atoms with Crippen LogP contribution in [-0.2, 0) is 6.54 Å². The maximum atomic E-state index is 11.3. The molecule has 0 amide bonds. The van der Waals surface area contributed by atoms with Gasteiger partial charge in [0.2, 0.25) is 0 Å². The van der Waals surface area contributed by atoms with E-state index in [-0.39, 0.29) is 11.2 Å². The van der Waals surface area contributed by atoms with Crippen LogP contribution in [0.25, 0.3) is 5.65 Å². The largest absolute Gasteiger partial charge is 0.543 e. The lowest BCUT2D eigenvalue weighted by atomic mass is 10.1. The number of imidazole rings is 1. The average molecular weight is 275 g/mol. The van der Waals surface area contributed by atoms with Crippen molar-refractivity contribution in [2.75, 3.05) is 6.54 Å². The first kappa shape index (κ1) is 14.5. The molecule has 0 saturated carbocycles. The minimum atomic E-state index is -1.21. The molecule has 20 heavy (non-hydrogen) atoms. The van der Waals surface area contributed by atoms with Gasteiger partial charge in [-0.3, -0.25) is 4.40 Å². The highest BCUT2D eigenvalue weighted by Gasteiger charge is 2.26. The molecule has 0 aromatic carbocycles. The minimum absolute atomic E-state index is 0.0386. The van der Waals surface area contributed by atoms with Crippen LogP contribution in [-0.4, -0.2) is 27.4 Å². The fraction of sp³-hybridized carbons (Fsp3) is 0.467. The van der Waals surface area contributed by atoms with Gasteiger partial charge in [-0.15, -0.1) is 0 Å². The van der Waals surface area contributed by atoms with Crippen LogP contribution >= 0.6 is 0 Å². The highest BCUT2D eigenvalue weighted by Crippen LogP contribution is 2.12. The number of nitrogens with one attached hydrogen (secondary N) is 1. The number of rotatable bonds is 4. The molecule has 2 aromatic rings. The standard InChI is InChI=1S/C15H21N3O2/c1-5-17(15(2,3)4)10-11-13(14(19)20)16-12-8-6-7-9-18(11)12/h6-9H,5,10H2,1-4H3,(H,19,20). The van der Waals surface area contributed by atoms with Gasteiger partial charge in [-0.25, -0.2) is 4.98 Å². The summed E-state index contributed by atoms with van der Waals surface area (Å²) in [6.45, 7) is 10.1. The van der Waals surface area contributed by atoms with E-state index in [1.807, 2.05) is 22.7 Å². The number of pyridine rings is 1. The molecule has 1 N–H and O–H groups in total. The lowest BCUT2D eigenvalue weighted by Gasteiger charge is -2.31. The zero-order chi connectivity index (χ0) is 14.9. The van der Waals surface area contributed by atoms with Gasteiger partial charge in [-0.1, -0.05) is 6.07 Å². The highest BCUT2D eigenvalue weighted by molar-refractivity contribution is 5.86. The van der Waals surface area contributed by atoms with Crippen LogP contribution in [0.15, 0.2) is 24.4 Å². The van der Waals surface area contributed by atoms with Crippen LogP contribution < -0.4 is 10.0 Å². The fourth-order valence-electron chi connectivity index (χ4n) is 2.50. The molecule has 2 heterocycles. The number of fused-ring (bicyclic) bond motifs is 1. The van der Waals surface area contributed by atoms with Crippen LogP contribution in [0.4, 0.5) is 0 Å². The number of quaternary nitrogens is 1. The molecular formula is C15H21N3O2. The summed E-state index contributed by atoms with van der Waals surface area (Å²) in [5.74, 6) is -1.21. The first-order chi connectivity index (χ1) is 9.34. The second-order valence-corrected chi connectivity index (χ2v) is 6.01. The summed E-state index contributed by atoms with van der Waals surface area (Å²) < 4.78 is 1.84. The summed E-state index contributed by atoms with van der Waals surface area (Å²) in [6, 6.07) is 5.53. The van der Waals surface area contributed by atoms with E-state index in [4.69, 9.17) is 0 Å². The Morgan fingerprint density at radius 2 is 2.10 bits per heavy atom. The molecular weight excluding hydrogens is 254 g/mol. The predicted molar refractivity (Wildman–Crippen MR) is 74.5 cm³/mol. The van der Waals surface area contributed by atoms with E-state index in [9.17, 15) is 9.90 Å². The smallest absolute Gasteiger partial charge is 0.137 e. The number of aromatic carboxylic acids is 1. The van der Waals surface area contributed by atoms with Crippen LogP contribution in [0.5, 0.6) is 0 Å². The van der Waals surface area contributed by atoms with Gasteiger partial charge < -0.3 is 14.8 Å². The van der Waals surface area contributed by atoms with Gasteiger partial charge in [0.25, 0.3) is 0 Å². The molecule has 0 radical (unpaired) electrons. The van der Waals surface area contributed by atoms with Crippen molar-refractivity contribution in [2.24, 2.45) is 0 Å². The highest BCUT2D eigenvalue weighted by atomic mass is 16.4. The predicted octanol–water partition coefficient (Wildman–Crippen LogP) is -0.0989. The summed E-state index contributed by atoms with van der Waals surface area (Å²) in [4.78, 5) is 16.8. The monoisotopic (exact) mass is 275 g/mol. The van der Waals surface area contributed by atoms with Gasteiger partial charge in [0.05, 0.1) is 18.1 Å². The maximum absolute atomic E-state index is 11.3. The third-order valence-electron chi connectivity index (χ3n) is 3.69. The molecule has 0 aliphatic rings. The number of carboxylic acid groups (broad SMARTS) is 1. The quantitative estimate of drug-likeness (QED) is 0.847. The zero-order valence-electron chi connectivity index (χ0n) is 12.4.